The lowest BCUT2D eigenvalue weighted by atomic mass is 10.1. The highest BCUT2D eigenvalue weighted by atomic mass is 16.5. The Morgan fingerprint density at radius 2 is 1.79 bits per heavy atom. The highest BCUT2D eigenvalue weighted by molar-refractivity contribution is 5.73. The van der Waals surface area contributed by atoms with Crippen molar-refractivity contribution in [2.75, 3.05) is 13.7 Å². The molecule has 5 heteroatoms. The van der Waals surface area contributed by atoms with Crippen LogP contribution in [-0.2, 0) is 19.6 Å². The maximum Gasteiger partial charge on any atom is 0.315 e. The van der Waals surface area contributed by atoms with Crippen molar-refractivity contribution < 1.29 is 14.6 Å². The van der Waals surface area contributed by atoms with E-state index in [2.05, 4.69) is 10.6 Å². The summed E-state index contributed by atoms with van der Waals surface area (Å²) in [7, 11) is 1.63. The third-order valence-electron chi connectivity index (χ3n) is 3.79. The van der Waals surface area contributed by atoms with Gasteiger partial charge < -0.3 is 20.5 Å². The van der Waals surface area contributed by atoms with Crippen molar-refractivity contribution in [2.24, 2.45) is 0 Å². The first-order valence-corrected chi connectivity index (χ1v) is 7.96. The monoisotopic (exact) mass is 328 g/mol. The lowest BCUT2D eigenvalue weighted by Crippen LogP contribution is -2.36. The van der Waals surface area contributed by atoms with Gasteiger partial charge in [0, 0.05) is 18.7 Å². The number of urea groups is 1. The number of hydrogen-bond donors (Lipinski definition) is 3. The molecule has 0 aliphatic carbocycles. The van der Waals surface area contributed by atoms with Crippen LogP contribution in [0.3, 0.4) is 0 Å². The fourth-order valence-electron chi connectivity index (χ4n) is 2.37. The first kappa shape index (κ1) is 17.8. The van der Waals surface area contributed by atoms with Crippen LogP contribution < -0.4 is 15.4 Å². The molecular formula is C19H24N2O3. The summed E-state index contributed by atoms with van der Waals surface area (Å²) in [5, 5.41) is 14.7. The number of methoxy groups -OCH3 is 1. The molecule has 5 nitrogen and oxygen atoms in total. The standard InChI is InChI=1S/C19H24N2O3/c1-14-3-8-17(18(11-14)24-2)12-21-19(23)20-10-9-15-4-6-16(13-22)7-5-15/h3-8,11,22H,9-10,12-13H2,1-2H3,(H2,20,21,23). The number of carbonyl (C=O) groups is 1. The second-order valence-electron chi connectivity index (χ2n) is 5.65. The summed E-state index contributed by atoms with van der Waals surface area (Å²) in [5.41, 5.74) is 4.06. The van der Waals surface area contributed by atoms with Gasteiger partial charge in [0.2, 0.25) is 0 Å². The van der Waals surface area contributed by atoms with Gasteiger partial charge in [-0.1, -0.05) is 36.4 Å². The molecule has 0 fully saturated rings. The van der Waals surface area contributed by atoms with E-state index in [0.717, 1.165) is 34.4 Å². The maximum atomic E-state index is 11.9. The van der Waals surface area contributed by atoms with Crippen molar-refractivity contribution in [3.63, 3.8) is 0 Å². The van der Waals surface area contributed by atoms with E-state index in [-0.39, 0.29) is 12.6 Å². The Balaban J connectivity index is 1.75. The lowest BCUT2D eigenvalue weighted by Gasteiger charge is -2.11. The van der Waals surface area contributed by atoms with E-state index in [4.69, 9.17) is 9.84 Å². The normalized spacial score (nSPS) is 10.3. The van der Waals surface area contributed by atoms with E-state index in [1.165, 1.54) is 0 Å². The molecule has 0 heterocycles. The zero-order valence-electron chi connectivity index (χ0n) is 14.1. The summed E-state index contributed by atoms with van der Waals surface area (Å²) in [6.45, 7) is 3.01. The average Bonchev–Trinajstić information content (AvgIpc) is 2.61. The minimum atomic E-state index is -0.204. The minimum Gasteiger partial charge on any atom is -0.496 e. The molecule has 24 heavy (non-hydrogen) atoms. The Morgan fingerprint density at radius 3 is 2.46 bits per heavy atom. The predicted octanol–water partition coefficient (Wildman–Crippen LogP) is 2.54. The highest BCUT2D eigenvalue weighted by Gasteiger charge is 2.05. The van der Waals surface area contributed by atoms with Crippen molar-refractivity contribution in [3.8, 4) is 5.75 Å². The van der Waals surface area contributed by atoms with Crippen LogP contribution in [0.5, 0.6) is 5.75 Å². The summed E-state index contributed by atoms with van der Waals surface area (Å²) in [5.74, 6) is 0.777. The summed E-state index contributed by atoms with van der Waals surface area (Å²) in [6, 6.07) is 13.4. The molecule has 128 valence electrons. The zero-order valence-corrected chi connectivity index (χ0v) is 14.1. The van der Waals surface area contributed by atoms with Gasteiger partial charge in [-0.3, -0.25) is 0 Å². The molecule has 0 atom stereocenters. The maximum absolute atomic E-state index is 11.9. The van der Waals surface area contributed by atoms with Crippen molar-refractivity contribution in [3.05, 3.63) is 64.7 Å². The zero-order chi connectivity index (χ0) is 17.4. The van der Waals surface area contributed by atoms with Crippen LogP contribution in [0.15, 0.2) is 42.5 Å². The number of benzene rings is 2. The van der Waals surface area contributed by atoms with Gasteiger partial charge in [0.15, 0.2) is 0 Å². The summed E-state index contributed by atoms with van der Waals surface area (Å²) in [4.78, 5) is 11.9. The first-order chi connectivity index (χ1) is 11.6. The second kappa shape index (κ2) is 8.93. The van der Waals surface area contributed by atoms with Crippen LogP contribution >= 0.6 is 0 Å². The molecule has 0 aliphatic rings. The summed E-state index contributed by atoms with van der Waals surface area (Å²) >= 11 is 0. The van der Waals surface area contributed by atoms with E-state index >= 15 is 0 Å². The fourth-order valence-corrected chi connectivity index (χ4v) is 2.37. The molecule has 0 bridgehead atoms. The third-order valence-corrected chi connectivity index (χ3v) is 3.79. The highest BCUT2D eigenvalue weighted by Crippen LogP contribution is 2.19. The van der Waals surface area contributed by atoms with Gasteiger partial charge >= 0.3 is 6.03 Å². The van der Waals surface area contributed by atoms with E-state index in [9.17, 15) is 4.79 Å². The molecule has 2 rings (SSSR count). The van der Waals surface area contributed by atoms with Gasteiger partial charge in [0.1, 0.15) is 5.75 Å². The van der Waals surface area contributed by atoms with Crippen LogP contribution in [-0.4, -0.2) is 24.8 Å². The van der Waals surface area contributed by atoms with Crippen molar-refractivity contribution in [1.82, 2.24) is 10.6 Å². The van der Waals surface area contributed by atoms with E-state index in [1.54, 1.807) is 7.11 Å². The molecule has 3 N–H and O–H groups in total. The fraction of sp³-hybridized carbons (Fsp3) is 0.316. The number of aliphatic hydroxyl groups excluding tert-OH is 1. The largest absolute Gasteiger partial charge is 0.496 e. The molecule has 0 saturated heterocycles. The van der Waals surface area contributed by atoms with Gasteiger partial charge in [-0.25, -0.2) is 4.79 Å². The number of aryl methyl sites for hydroxylation is 1. The quantitative estimate of drug-likeness (QED) is 0.731. The summed E-state index contributed by atoms with van der Waals surface area (Å²) < 4.78 is 5.33. The lowest BCUT2D eigenvalue weighted by molar-refractivity contribution is 0.240. The molecule has 0 unspecified atom stereocenters. The van der Waals surface area contributed by atoms with Crippen LogP contribution in [0.25, 0.3) is 0 Å². The Bertz CT molecular complexity index is 669. The smallest absolute Gasteiger partial charge is 0.315 e. The van der Waals surface area contributed by atoms with Crippen LogP contribution in [0, 0.1) is 6.92 Å². The molecule has 0 saturated carbocycles. The topological polar surface area (TPSA) is 70.6 Å². The summed E-state index contributed by atoms with van der Waals surface area (Å²) in [6.07, 6.45) is 0.743. The van der Waals surface area contributed by atoms with E-state index in [0.29, 0.717) is 13.1 Å². The average molecular weight is 328 g/mol. The Kier molecular flexibility index (Phi) is 6.63. The van der Waals surface area contributed by atoms with Gasteiger partial charge in [-0.15, -0.1) is 0 Å². The van der Waals surface area contributed by atoms with Gasteiger partial charge in [-0.05, 0) is 36.1 Å². The Hall–Kier alpha value is -2.53. The SMILES string of the molecule is COc1cc(C)ccc1CNC(=O)NCCc1ccc(CO)cc1. The number of rotatable bonds is 7. The minimum absolute atomic E-state index is 0.0450. The predicted molar refractivity (Wildman–Crippen MR) is 94.0 cm³/mol. The molecule has 0 aliphatic heterocycles. The van der Waals surface area contributed by atoms with Crippen molar-refractivity contribution >= 4 is 6.03 Å². The second-order valence-corrected chi connectivity index (χ2v) is 5.65. The number of ether oxygens (including phenoxy) is 1. The van der Waals surface area contributed by atoms with Crippen LogP contribution in [0.2, 0.25) is 0 Å². The van der Waals surface area contributed by atoms with Crippen molar-refractivity contribution in [1.29, 1.82) is 0 Å². The molecule has 0 radical (unpaired) electrons. The molecule has 2 amide bonds. The Labute approximate surface area is 142 Å². The van der Waals surface area contributed by atoms with Gasteiger partial charge in [-0.2, -0.15) is 0 Å². The molecular weight excluding hydrogens is 304 g/mol. The first-order valence-electron chi connectivity index (χ1n) is 7.96. The van der Waals surface area contributed by atoms with Gasteiger partial charge in [0.05, 0.1) is 13.7 Å². The number of aliphatic hydroxyl groups is 1. The number of carbonyl (C=O) groups excluding carboxylic acids is 1. The number of nitrogens with one attached hydrogen (secondary N) is 2. The molecule has 0 spiro atoms. The molecule has 2 aromatic rings. The van der Waals surface area contributed by atoms with Crippen LogP contribution in [0.4, 0.5) is 4.79 Å². The molecule has 0 aromatic heterocycles. The third kappa shape index (κ3) is 5.28. The van der Waals surface area contributed by atoms with E-state index < -0.39 is 0 Å². The number of hydrogen-bond acceptors (Lipinski definition) is 3. The number of amides is 2. The Morgan fingerprint density at radius 1 is 1.08 bits per heavy atom. The van der Waals surface area contributed by atoms with Gasteiger partial charge in [0.25, 0.3) is 0 Å². The van der Waals surface area contributed by atoms with E-state index in [1.807, 2.05) is 49.4 Å². The molecule has 2 aromatic carbocycles. The van der Waals surface area contributed by atoms with Crippen LogP contribution in [0.1, 0.15) is 22.3 Å². The van der Waals surface area contributed by atoms with Crippen molar-refractivity contribution in [2.45, 2.75) is 26.5 Å².